The number of nitrogens with zero attached hydrogens (tertiary/aromatic N) is 6. The summed E-state index contributed by atoms with van der Waals surface area (Å²) in [6.07, 6.45) is 7.27. The van der Waals surface area contributed by atoms with Gasteiger partial charge in [-0.05, 0) is 108 Å². The van der Waals surface area contributed by atoms with Crippen LogP contribution >= 0.6 is 0 Å². The summed E-state index contributed by atoms with van der Waals surface area (Å²) in [5.74, 6) is -1.76. The molecular weight excluding hydrogens is 722 g/mol. The van der Waals surface area contributed by atoms with Crippen molar-refractivity contribution in [2.45, 2.75) is 58.5 Å². The Hall–Kier alpha value is -5.15. The second-order valence-corrected chi connectivity index (χ2v) is 15.5. The van der Waals surface area contributed by atoms with Crippen molar-refractivity contribution in [3.8, 4) is 17.0 Å². The first-order chi connectivity index (χ1) is 26.6. The minimum atomic E-state index is -0.708. The van der Waals surface area contributed by atoms with Gasteiger partial charge in [0.05, 0.1) is 12.1 Å². The maximum Gasteiger partial charge on any atom is 0.410 e. The molecule has 0 bridgehead atoms. The largest absolute Gasteiger partial charge is 0.486 e. The summed E-state index contributed by atoms with van der Waals surface area (Å²) in [6, 6.07) is 6.98. The Morgan fingerprint density at radius 1 is 1.04 bits per heavy atom. The number of rotatable bonds is 15. The number of ether oxygens (including phenoxy) is 2. The molecule has 302 valence electrons. The number of piperazine rings is 1. The van der Waals surface area contributed by atoms with Gasteiger partial charge in [0, 0.05) is 57.1 Å². The molecule has 56 heavy (non-hydrogen) atoms. The smallest absolute Gasteiger partial charge is 0.410 e. The highest BCUT2D eigenvalue weighted by Crippen LogP contribution is 2.41. The molecule has 3 amide bonds. The third kappa shape index (κ3) is 11.7. The summed E-state index contributed by atoms with van der Waals surface area (Å²) in [4.78, 5) is 54.3. The number of halogens is 2. The lowest BCUT2D eigenvalue weighted by atomic mass is 10.0. The van der Waals surface area contributed by atoms with Crippen LogP contribution in [-0.2, 0) is 9.53 Å². The van der Waals surface area contributed by atoms with E-state index >= 15 is 4.39 Å². The zero-order valence-corrected chi connectivity index (χ0v) is 33.2. The highest BCUT2D eigenvalue weighted by atomic mass is 19.1. The van der Waals surface area contributed by atoms with Gasteiger partial charge in [-0.25, -0.2) is 23.5 Å². The van der Waals surface area contributed by atoms with Crippen molar-refractivity contribution in [1.82, 2.24) is 29.6 Å². The van der Waals surface area contributed by atoms with Gasteiger partial charge < -0.3 is 35.2 Å². The van der Waals surface area contributed by atoms with Crippen LogP contribution in [0, 0.1) is 18.6 Å². The lowest BCUT2D eigenvalue weighted by molar-refractivity contribution is -0.125. The van der Waals surface area contributed by atoms with Crippen LogP contribution in [0.1, 0.15) is 67.4 Å². The van der Waals surface area contributed by atoms with Crippen LogP contribution in [0.3, 0.4) is 0 Å². The molecule has 2 aromatic carbocycles. The fourth-order valence-electron chi connectivity index (χ4n) is 6.34. The number of nitrogens with two attached hydrogens (primary N) is 1. The number of hydrogen-bond acceptors (Lipinski definition) is 10. The van der Waals surface area contributed by atoms with Crippen LogP contribution in [0.5, 0.6) is 5.75 Å². The molecule has 13 nitrogen and oxygen atoms in total. The van der Waals surface area contributed by atoms with Crippen molar-refractivity contribution in [2.75, 3.05) is 84.1 Å². The van der Waals surface area contributed by atoms with Crippen LogP contribution in [0.2, 0.25) is 0 Å². The van der Waals surface area contributed by atoms with Gasteiger partial charge in [-0.1, -0.05) is 12.1 Å². The standard InChI is InChI=1S/C41H54F2N8O5/c1-27-32(24-30(42)25-34(27)47-39(53)31-13-12-29(23-33(31)43)28-10-11-28)36-37(38(44)46-26-45-36)55-22-21-49(6)35(52)9-7-14-48(5)15-8-16-50-17-19-51(20-18-50)40(54)56-41(2,3)4/h7,9,12-13,23-26,28H,8,10-11,14-22H2,1-6H3,(H,47,53)(H2,44,45,46)/b9-7+. The van der Waals surface area contributed by atoms with Gasteiger partial charge in [0.15, 0.2) is 11.6 Å². The summed E-state index contributed by atoms with van der Waals surface area (Å²) in [5, 5.41) is 2.64. The minimum Gasteiger partial charge on any atom is -0.486 e. The minimum absolute atomic E-state index is 0.0158. The predicted octanol–water partition coefficient (Wildman–Crippen LogP) is 5.71. The Bertz CT molecular complexity index is 1910. The maximum atomic E-state index is 15.0. The molecule has 5 rings (SSSR count). The second kappa shape index (κ2) is 18.7. The van der Waals surface area contributed by atoms with Crippen molar-refractivity contribution in [1.29, 1.82) is 0 Å². The van der Waals surface area contributed by atoms with E-state index in [-0.39, 0.29) is 53.7 Å². The number of nitrogens with one attached hydrogen (secondary N) is 1. The van der Waals surface area contributed by atoms with Crippen molar-refractivity contribution in [3.05, 3.63) is 77.1 Å². The molecule has 2 aliphatic rings. The van der Waals surface area contributed by atoms with Gasteiger partial charge in [0.2, 0.25) is 5.91 Å². The zero-order chi connectivity index (χ0) is 40.6. The first kappa shape index (κ1) is 42.0. The number of amides is 3. The number of aromatic nitrogens is 2. The SMILES string of the molecule is Cc1c(NC(=O)c2ccc(C3CC3)cc2F)cc(F)cc1-c1ncnc(N)c1OCCN(C)C(=O)/C=C/CN(C)CCCN1CCN(C(=O)OC(C)(C)C)CC1. The highest BCUT2D eigenvalue weighted by Gasteiger charge is 2.27. The molecule has 2 fully saturated rings. The zero-order valence-electron chi connectivity index (χ0n) is 33.2. The van der Waals surface area contributed by atoms with E-state index < -0.39 is 23.1 Å². The molecule has 1 saturated heterocycles. The molecular formula is C41H54F2N8O5. The normalized spacial score (nSPS) is 15.0. The van der Waals surface area contributed by atoms with Crippen LogP contribution in [0.4, 0.5) is 25.1 Å². The average Bonchev–Trinajstić information content (AvgIpc) is 3.99. The lowest BCUT2D eigenvalue weighted by Gasteiger charge is -2.35. The number of benzene rings is 2. The fraction of sp³-hybridized carbons (Fsp3) is 0.488. The monoisotopic (exact) mass is 776 g/mol. The van der Waals surface area contributed by atoms with E-state index in [2.05, 4.69) is 25.1 Å². The number of anilines is 2. The van der Waals surface area contributed by atoms with Gasteiger partial charge in [-0.3, -0.25) is 14.5 Å². The summed E-state index contributed by atoms with van der Waals surface area (Å²) in [6.45, 7) is 12.8. The molecule has 0 spiro atoms. The van der Waals surface area contributed by atoms with Crippen LogP contribution in [-0.4, -0.2) is 126 Å². The Labute approximate surface area is 327 Å². The molecule has 2 heterocycles. The number of carbonyl (C=O) groups is 3. The van der Waals surface area contributed by atoms with Gasteiger partial charge in [-0.2, -0.15) is 0 Å². The van der Waals surface area contributed by atoms with Crippen molar-refractivity contribution < 1.29 is 32.6 Å². The van der Waals surface area contributed by atoms with Gasteiger partial charge in [-0.15, -0.1) is 0 Å². The summed E-state index contributed by atoms with van der Waals surface area (Å²) in [7, 11) is 3.66. The van der Waals surface area contributed by atoms with Gasteiger partial charge in [0.25, 0.3) is 5.91 Å². The molecule has 1 saturated carbocycles. The molecule has 0 atom stereocenters. The summed E-state index contributed by atoms with van der Waals surface area (Å²) < 4.78 is 41.3. The van der Waals surface area contributed by atoms with Crippen molar-refractivity contribution in [3.63, 3.8) is 0 Å². The number of hydrogen-bond donors (Lipinski definition) is 2. The van der Waals surface area contributed by atoms with Crippen LogP contribution in [0.25, 0.3) is 11.3 Å². The molecule has 1 aromatic heterocycles. The van der Waals surface area contributed by atoms with E-state index in [1.165, 1.54) is 35.5 Å². The molecule has 1 aliphatic carbocycles. The molecule has 15 heteroatoms. The number of likely N-dealkylation sites (N-methyl/N-ethyl adjacent to an activating group) is 2. The molecule has 0 radical (unpaired) electrons. The van der Waals surface area contributed by atoms with E-state index in [1.807, 2.05) is 33.9 Å². The Kier molecular flexibility index (Phi) is 14.0. The van der Waals surface area contributed by atoms with Crippen LogP contribution in [0.15, 0.2) is 48.8 Å². The molecule has 1 aliphatic heterocycles. The Morgan fingerprint density at radius 3 is 2.45 bits per heavy atom. The van der Waals surface area contributed by atoms with E-state index in [1.54, 1.807) is 24.9 Å². The molecule has 0 unspecified atom stereocenters. The highest BCUT2D eigenvalue weighted by molar-refractivity contribution is 6.05. The quantitative estimate of drug-likeness (QED) is 0.184. The number of nitrogen functional groups attached to an aromatic ring is 1. The van der Waals surface area contributed by atoms with E-state index in [0.29, 0.717) is 36.7 Å². The first-order valence-electron chi connectivity index (χ1n) is 19.0. The van der Waals surface area contributed by atoms with E-state index in [9.17, 15) is 18.8 Å². The van der Waals surface area contributed by atoms with Gasteiger partial charge >= 0.3 is 6.09 Å². The summed E-state index contributed by atoms with van der Waals surface area (Å²) in [5.41, 5.74) is 7.48. The Balaban J connectivity index is 1.08. The molecule has 3 N–H and O–H groups in total. The van der Waals surface area contributed by atoms with E-state index in [0.717, 1.165) is 57.1 Å². The van der Waals surface area contributed by atoms with Crippen molar-refractivity contribution >= 4 is 29.4 Å². The summed E-state index contributed by atoms with van der Waals surface area (Å²) >= 11 is 0. The van der Waals surface area contributed by atoms with Crippen molar-refractivity contribution in [2.24, 2.45) is 0 Å². The van der Waals surface area contributed by atoms with Gasteiger partial charge in [0.1, 0.15) is 35.9 Å². The van der Waals surface area contributed by atoms with Crippen LogP contribution < -0.4 is 15.8 Å². The third-order valence-electron chi connectivity index (χ3n) is 9.76. The fourth-order valence-corrected chi connectivity index (χ4v) is 6.34. The molecule has 3 aromatic rings. The second-order valence-electron chi connectivity index (χ2n) is 15.5. The predicted molar refractivity (Wildman–Crippen MR) is 212 cm³/mol. The Morgan fingerprint density at radius 2 is 1.77 bits per heavy atom. The maximum absolute atomic E-state index is 15.0. The topological polar surface area (TPSA) is 146 Å². The first-order valence-corrected chi connectivity index (χ1v) is 19.0. The number of carbonyl (C=O) groups excluding carboxylic acids is 3. The van der Waals surface area contributed by atoms with E-state index in [4.69, 9.17) is 15.2 Å². The lowest BCUT2D eigenvalue weighted by Crippen LogP contribution is -2.50. The average molecular weight is 777 g/mol. The third-order valence-corrected chi connectivity index (χ3v) is 9.76.